The Morgan fingerprint density at radius 1 is 0.903 bits per heavy atom. The minimum absolute atomic E-state index is 0.261. The van der Waals surface area contributed by atoms with Crippen molar-refractivity contribution in [1.29, 1.82) is 0 Å². The summed E-state index contributed by atoms with van der Waals surface area (Å²) in [5, 5.41) is 6.91. The number of rotatable bonds is 5. The van der Waals surface area contributed by atoms with Crippen LogP contribution < -0.4 is 10.2 Å². The van der Waals surface area contributed by atoms with Gasteiger partial charge < -0.3 is 19.2 Å². The molecule has 7 nitrogen and oxygen atoms in total. The molecule has 2 aromatic carbocycles. The molecule has 0 atom stereocenters. The van der Waals surface area contributed by atoms with E-state index in [1.807, 2.05) is 24.3 Å². The van der Waals surface area contributed by atoms with E-state index in [9.17, 15) is 4.79 Å². The first kappa shape index (κ1) is 19.1. The summed E-state index contributed by atoms with van der Waals surface area (Å²) in [4.78, 5) is 19.0. The number of hydrogen-bond acceptors (Lipinski definition) is 6. The number of amides is 1. The van der Waals surface area contributed by atoms with Gasteiger partial charge in [0.1, 0.15) is 0 Å². The van der Waals surface area contributed by atoms with Crippen molar-refractivity contribution < 1.29 is 13.7 Å². The molecule has 31 heavy (non-hydrogen) atoms. The van der Waals surface area contributed by atoms with E-state index in [0.717, 1.165) is 24.2 Å². The summed E-state index contributed by atoms with van der Waals surface area (Å²) in [6, 6.07) is 18.8. The van der Waals surface area contributed by atoms with Gasteiger partial charge in [-0.3, -0.25) is 4.79 Å². The summed E-state index contributed by atoms with van der Waals surface area (Å²) in [5.74, 6) is 0.942. The third kappa shape index (κ3) is 4.21. The highest BCUT2D eigenvalue weighted by atomic mass is 16.5. The summed E-state index contributed by atoms with van der Waals surface area (Å²) in [6.45, 7) is 2.23. The lowest BCUT2D eigenvalue weighted by atomic mass is 10.1. The molecule has 1 aliphatic heterocycles. The average molecular weight is 414 g/mol. The number of piperidine rings is 1. The Morgan fingerprint density at radius 2 is 1.65 bits per heavy atom. The van der Waals surface area contributed by atoms with Gasteiger partial charge in [-0.1, -0.05) is 5.16 Å². The zero-order valence-electron chi connectivity index (χ0n) is 17.0. The molecule has 5 rings (SSSR count). The lowest BCUT2D eigenvalue weighted by molar-refractivity contribution is 0.0996. The Morgan fingerprint density at radius 3 is 2.35 bits per heavy atom. The molecule has 1 fully saturated rings. The molecule has 2 aromatic heterocycles. The molecule has 0 spiro atoms. The van der Waals surface area contributed by atoms with E-state index < -0.39 is 0 Å². The summed E-state index contributed by atoms with van der Waals surface area (Å²) in [6.07, 6.45) is 5.28. The van der Waals surface area contributed by atoms with Crippen molar-refractivity contribution >= 4 is 17.3 Å². The maximum atomic E-state index is 12.1. The van der Waals surface area contributed by atoms with Gasteiger partial charge in [0.15, 0.2) is 5.76 Å². The Balaban J connectivity index is 1.27. The Kier molecular flexibility index (Phi) is 5.22. The van der Waals surface area contributed by atoms with E-state index in [-0.39, 0.29) is 11.7 Å². The minimum atomic E-state index is -0.300. The molecular weight excluding hydrogens is 392 g/mol. The van der Waals surface area contributed by atoms with Gasteiger partial charge in [0, 0.05) is 35.6 Å². The number of anilines is 2. The molecule has 0 radical (unpaired) electrons. The van der Waals surface area contributed by atoms with E-state index in [0.29, 0.717) is 17.4 Å². The normalized spacial score (nSPS) is 13.9. The number of carbonyl (C=O) groups is 1. The SMILES string of the molecule is O=C(Nc1ccc(-c2nc(-c3ccc(N4CCCCC4)cc3)no2)cc1)c1ccco1. The predicted octanol–water partition coefficient (Wildman–Crippen LogP) is 5.24. The number of furan rings is 1. The second-order valence-electron chi connectivity index (χ2n) is 7.53. The molecular formula is C24H22N4O3. The second-order valence-corrected chi connectivity index (χ2v) is 7.53. The fraction of sp³-hybridized carbons (Fsp3) is 0.208. The van der Waals surface area contributed by atoms with Gasteiger partial charge in [-0.05, 0) is 79.9 Å². The average Bonchev–Trinajstić information content (AvgIpc) is 3.53. The number of aromatic nitrogens is 2. The van der Waals surface area contributed by atoms with Crippen LogP contribution in [0.1, 0.15) is 29.8 Å². The molecule has 1 aliphatic rings. The van der Waals surface area contributed by atoms with Gasteiger partial charge in [-0.2, -0.15) is 4.98 Å². The highest BCUT2D eigenvalue weighted by Crippen LogP contribution is 2.26. The van der Waals surface area contributed by atoms with Crippen LogP contribution in [0.2, 0.25) is 0 Å². The van der Waals surface area contributed by atoms with Crippen molar-refractivity contribution in [2.45, 2.75) is 19.3 Å². The predicted molar refractivity (Wildman–Crippen MR) is 118 cm³/mol. The fourth-order valence-corrected chi connectivity index (χ4v) is 3.73. The Labute approximate surface area is 179 Å². The first-order chi connectivity index (χ1) is 15.3. The fourth-order valence-electron chi connectivity index (χ4n) is 3.73. The third-order valence-electron chi connectivity index (χ3n) is 5.41. The first-order valence-electron chi connectivity index (χ1n) is 10.4. The van der Waals surface area contributed by atoms with E-state index in [1.54, 1.807) is 24.3 Å². The van der Waals surface area contributed by atoms with E-state index in [2.05, 4.69) is 32.5 Å². The monoisotopic (exact) mass is 414 g/mol. The van der Waals surface area contributed by atoms with Crippen LogP contribution in [0.25, 0.3) is 22.8 Å². The minimum Gasteiger partial charge on any atom is -0.459 e. The molecule has 7 heteroatoms. The van der Waals surface area contributed by atoms with Crippen molar-refractivity contribution in [3.05, 3.63) is 72.7 Å². The quantitative estimate of drug-likeness (QED) is 0.481. The Hall–Kier alpha value is -3.87. The molecule has 0 unspecified atom stereocenters. The molecule has 0 aliphatic carbocycles. The van der Waals surface area contributed by atoms with Crippen LogP contribution in [0.3, 0.4) is 0 Å². The van der Waals surface area contributed by atoms with E-state index in [4.69, 9.17) is 8.94 Å². The van der Waals surface area contributed by atoms with Crippen LogP contribution >= 0.6 is 0 Å². The molecule has 156 valence electrons. The molecule has 0 saturated carbocycles. The maximum absolute atomic E-state index is 12.1. The number of benzene rings is 2. The van der Waals surface area contributed by atoms with Crippen LogP contribution in [-0.4, -0.2) is 29.1 Å². The molecule has 4 aromatic rings. The van der Waals surface area contributed by atoms with Crippen LogP contribution in [0.5, 0.6) is 0 Å². The largest absolute Gasteiger partial charge is 0.459 e. The zero-order valence-corrected chi connectivity index (χ0v) is 17.0. The Bertz CT molecular complexity index is 1140. The lowest BCUT2D eigenvalue weighted by Crippen LogP contribution is -2.29. The first-order valence-corrected chi connectivity index (χ1v) is 10.4. The number of hydrogen-bond donors (Lipinski definition) is 1. The highest BCUT2D eigenvalue weighted by Gasteiger charge is 2.14. The summed E-state index contributed by atoms with van der Waals surface area (Å²) >= 11 is 0. The number of carbonyl (C=O) groups excluding carboxylic acids is 1. The van der Waals surface area contributed by atoms with Crippen LogP contribution in [0.15, 0.2) is 75.9 Å². The van der Waals surface area contributed by atoms with Gasteiger partial charge in [0.25, 0.3) is 11.8 Å². The summed E-state index contributed by atoms with van der Waals surface area (Å²) in [5.41, 5.74) is 3.58. The molecule has 1 amide bonds. The second kappa shape index (κ2) is 8.47. The van der Waals surface area contributed by atoms with Gasteiger partial charge in [-0.15, -0.1) is 0 Å². The lowest BCUT2D eigenvalue weighted by Gasteiger charge is -2.28. The zero-order chi connectivity index (χ0) is 21.0. The molecule has 1 N–H and O–H groups in total. The summed E-state index contributed by atoms with van der Waals surface area (Å²) < 4.78 is 10.6. The number of nitrogens with one attached hydrogen (secondary N) is 1. The smallest absolute Gasteiger partial charge is 0.291 e. The van der Waals surface area contributed by atoms with Crippen molar-refractivity contribution in [1.82, 2.24) is 10.1 Å². The van der Waals surface area contributed by atoms with Gasteiger partial charge in [-0.25, -0.2) is 0 Å². The van der Waals surface area contributed by atoms with Gasteiger partial charge in [0.05, 0.1) is 6.26 Å². The van der Waals surface area contributed by atoms with E-state index >= 15 is 0 Å². The maximum Gasteiger partial charge on any atom is 0.291 e. The van der Waals surface area contributed by atoms with Crippen molar-refractivity contribution in [2.24, 2.45) is 0 Å². The van der Waals surface area contributed by atoms with Crippen LogP contribution in [0, 0.1) is 0 Å². The van der Waals surface area contributed by atoms with Gasteiger partial charge >= 0.3 is 0 Å². The van der Waals surface area contributed by atoms with Crippen LogP contribution in [0.4, 0.5) is 11.4 Å². The molecule has 0 bridgehead atoms. The highest BCUT2D eigenvalue weighted by molar-refractivity contribution is 6.02. The van der Waals surface area contributed by atoms with Crippen molar-refractivity contribution in [2.75, 3.05) is 23.3 Å². The van der Waals surface area contributed by atoms with Crippen molar-refractivity contribution in [3.8, 4) is 22.8 Å². The van der Waals surface area contributed by atoms with E-state index in [1.165, 1.54) is 31.2 Å². The molecule has 1 saturated heterocycles. The van der Waals surface area contributed by atoms with Gasteiger partial charge in [0.2, 0.25) is 5.82 Å². The third-order valence-corrected chi connectivity index (χ3v) is 5.41. The topological polar surface area (TPSA) is 84.4 Å². The molecule has 3 heterocycles. The van der Waals surface area contributed by atoms with Crippen molar-refractivity contribution in [3.63, 3.8) is 0 Å². The summed E-state index contributed by atoms with van der Waals surface area (Å²) in [7, 11) is 0. The standard InChI is InChI=1S/C24H22N4O3/c29-23(21-5-4-16-30-21)25-19-10-6-18(7-11-19)24-26-22(27-31-24)17-8-12-20(13-9-17)28-14-2-1-3-15-28/h4-13,16H,1-3,14-15H2,(H,25,29). The van der Waals surface area contributed by atoms with Crippen LogP contribution in [-0.2, 0) is 0 Å². The number of nitrogens with zero attached hydrogens (tertiary/aromatic N) is 3.